The number of ether oxygens (including phenoxy) is 1. The summed E-state index contributed by atoms with van der Waals surface area (Å²) < 4.78 is 11.1. The fourth-order valence-corrected chi connectivity index (χ4v) is 2.11. The highest BCUT2D eigenvalue weighted by atomic mass is 16.5. The van der Waals surface area contributed by atoms with Crippen molar-refractivity contribution < 1.29 is 9.15 Å². The van der Waals surface area contributed by atoms with Gasteiger partial charge in [0.2, 0.25) is 0 Å². The lowest BCUT2D eigenvalue weighted by Crippen LogP contribution is -2.16. The van der Waals surface area contributed by atoms with Crippen molar-refractivity contribution in [3.63, 3.8) is 0 Å². The van der Waals surface area contributed by atoms with Gasteiger partial charge in [-0.05, 0) is 12.1 Å². The Hall–Kier alpha value is -2.34. The lowest BCUT2D eigenvalue weighted by molar-refractivity contribution is 0.406. The molecule has 0 fully saturated rings. The van der Waals surface area contributed by atoms with Gasteiger partial charge in [0.05, 0.1) is 13.7 Å². The van der Waals surface area contributed by atoms with Crippen LogP contribution in [0.3, 0.4) is 0 Å². The third-order valence-corrected chi connectivity index (χ3v) is 3.08. The van der Waals surface area contributed by atoms with Gasteiger partial charge in [-0.3, -0.25) is 5.10 Å². The summed E-state index contributed by atoms with van der Waals surface area (Å²) in [6.07, 6.45) is 2.32. The minimum Gasteiger partial charge on any atom is -0.493 e. The Morgan fingerprint density at radius 1 is 1.40 bits per heavy atom. The van der Waals surface area contributed by atoms with Crippen molar-refractivity contribution >= 4 is 11.0 Å². The van der Waals surface area contributed by atoms with Crippen LogP contribution in [-0.4, -0.2) is 28.8 Å². The summed E-state index contributed by atoms with van der Waals surface area (Å²) in [6, 6.07) is 7.89. The molecule has 0 aliphatic heterocycles. The Bertz CT molecular complexity index is 676. The maximum atomic E-state index is 5.80. The number of fused-ring (bicyclic) bond motifs is 1. The fraction of sp³-hybridized carbons (Fsp3) is 0.286. The van der Waals surface area contributed by atoms with Crippen LogP contribution in [0.5, 0.6) is 5.75 Å². The third kappa shape index (κ3) is 2.65. The van der Waals surface area contributed by atoms with E-state index in [1.807, 2.05) is 24.3 Å². The summed E-state index contributed by atoms with van der Waals surface area (Å²) in [5.74, 6) is 2.53. The molecule has 0 unspecified atom stereocenters. The molecule has 0 aliphatic carbocycles. The van der Waals surface area contributed by atoms with Gasteiger partial charge >= 0.3 is 0 Å². The second-order valence-corrected chi connectivity index (χ2v) is 4.45. The molecule has 0 saturated carbocycles. The molecule has 6 heteroatoms. The number of hydrogen-bond acceptors (Lipinski definition) is 5. The molecule has 1 aromatic carbocycles. The Labute approximate surface area is 116 Å². The highest BCUT2D eigenvalue weighted by Crippen LogP contribution is 2.28. The van der Waals surface area contributed by atoms with E-state index in [2.05, 4.69) is 20.5 Å². The molecule has 104 valence electrons. The van der Waals surface area contributed by atoms with Gasteiger partial charge in [0, 0.05) is 18.4 Å². The van der Waals surface area contributed by atoms with Crippen molar-refractivity contribution in [2.45, 2.75) is 13.0 Å². The minimum atomic E-state index is 0.673. The van der Waals surface area contributed by atoms with Crippen LogP contribution >= 0.6 is 0 Å². The van der Waals surface area contributed by atoms with Gasteiger partial charge in [0.25, 0.3) is 0 Å². The minimum absolute atomic E-state index is 0.673. The number of H-pyrrole nitrogens is 1. The van der Waals surface area contributed by atoms with E-state index in [4.69, 9.17) is 9.15 Å². The fourth-order valence-electron chi connectivity index (χ4n) is 2.11. The number of nitrogens with one attached hydrogen (secondary N) is 2. The van der Waals surface area contributed by atoms with E-state index in [-0.39, 0.29) is 0 Å². The van der Waals surface area contributed by atoms with Crippen LogP contribution in [0.4, 0.5) is 0 Å². The molecule has 2 N–H and O–H groups in total. The normalized spacial score (nSPS) is 11.1. The van der Waals surface area contributed by atoms with Crippen LogP contribution in [0.25, 0.3) is 11.0 Å². The smallest absolute Gasteiger partial charge is 0.176 e. The van der Waals surface area contributed by atoms with Gasteiger partial charge in [0.1, 0.15) is 17.9 Å². The number of furan rings is 1. The number of benzene rings is 1. The Balaban J connectivity index is 1.60. The molecule has 2 aromatic heterocycles. The first-order valence-corrected chi connectivity index (χ1v) is 6.47. The predicted molar refractivity (Wildman–Crippen MR) is 74.6 cm³/mol. The summed E-state index contributed by atoms with van der Waals surface area (Å²) in [6.45, 7) is 1.48. The molecule has 0 spiro atoms. The van der Waals surface area contributed by atoms with Gasteiger partial charge in [-0.1, -0.05) is 12.1 Å². The van der Waals surface area contributed by atoms with Crippen LogP contribution in [0.2, 0.25) is 0 Å². The summed E-state index contributed by atoms with van der Waals surface area (Å²) >= 11 is 0. The lowest BCUT2D eigenvalue weighted by Gasteiger charge is -2.00. The van der Waals surface area contributed by atoms with Crippen molar-refractivity contribution in [2.75, 3.05) is 13.7 Å². The molecular formula is C14H16N4O2. The van der Waals surface area contributed by atoms with Crippen LogP contribution < -0.4 is 10.1 Å². The van der Waals surface area contributed by atoms with E-state index in [9.17, 15) is 0 Å². The first kappa shape index (κ1) is 12.7. The summed E-state index contributed by atoms with van der Waals surface area (Å²) in [4.78, 5) is 4.07. The van der Waals surface area contributed by atoms with E-state index >= 15 is 0 Å². The third-order valence-electron chi connectivity index (χ3n) is 3.08. The molecule has 3 aromatic rings. The molecule has 0 radical (unpaired) electrons. The highest BCUT2D eigenvalue weighted by Gasteiger charge is 2.08. The van der Waals surface area contributed by atoms with Crippen LogP contribution in [-0.2, 0) is 13.0 Å². The van der Waals surface area contributed by atoms with Gasteiger partial charge < -0.3 is 14.5 Å². The molecule has 0 atom stereocenters. The first-order valence-electron chi connectivity index (χ1n) is 6.47. The number of aromatic nitrogens is 3. The largest absolute Gasteiger partial charge is 0.493 e. The van der Waals surface area contributed by atoms with Crippen molar-refractivity contribution in [2.24, 2.45) is 0 Å². The number of rotatable bonds is 6. The Morgan fingerprint density at radius 2 is 2.35 bits per heavy atom. The van der Waals surface area contributed by atoms with E-state index < -0.39 is 0 Å². The molecule has 0 amide bonds. The second-order valence-electron chi connectivity index (χ2n) is 4.45. The summed E-state index contributed by atoms with van der Waals surface area (Å²) in [7, 11) is 1.65. The zero-order valence-electron chi connectivity index (χ0n) is 11.2. The summed E-state index contributed by atoms with van der Waals surface area (Å²) in [5.41, 5.74) is 0.794. The standard InChI is InChI=1S/C14H16N4O2/c1-19-12-4-2-3-10-7-11(20-14(10)12)8-15-6-5-13-16-9-17-18-13/h2-4,7,9,15H,5-6,8H2,1H3,(H,16,17,18). The Morgan fingerprint density at radius 3 is 3.15 bits per heavy atom. The topological polar surface area (TPSA) is 76.0 Å². The molecule has 0 aliphatic rings. The van der Waals surface area contributed by atoms with Crippen LogP contribution in [0.15, 0.2) is 35.0 Å². The molecule has 0 saturated heterocycles. The average molecular weight is 272 g/mol. The molecule has 20 heavy (non-hydrogen) atoms. The number of para-hydroxylation sites is 1. The Kier molecular flexibility index (Phi) is 3.64. The van der Waals surface area contributed by atoms with Crippen molar-refractivity contribution in [3.8, 4) is 5.75 Å². The zero-order valence-corrected chi connectivity index (χ0v) is 11.2. The molecule has 2 heterocycles. The van der Waals surface area contributed by atoms with Gasteiger partial charge in [-0.15, -0.1) is 0 Å². The van der Waals surface area contributed by atoms with Crippen molar-refractivity contribution in [1.29, 1.82) is 0 Å². The molecule has 3 rings (SSSR count). The van der Waals surface area contributed by atoms with E-state index in [1.165, 1.54) is 6.33 Å². The average Bonchev–Trinajstić information content (AvgIpc) is 3.11. The SMILES string of the molecule is COc1cccc2cc(CNCCc3ncn[nH]3)oc12. The highest BCUT2D eigenvalue weighted by molar-refractivity contribution is 5.83. The van der Waals surface area contributed by atoms with Crippen molar-refractivity contribution in [1.82, 2.24) is 20.5 Å². The van der Waals surface area contributed by atoms with E-state index in [1.54, 1.807) is 7.11 Å². The number of nitrogens with zero attached hydrogens (tertiary/aromatic N) is 2. The van der Waals surface area contributed by atoms with Crippen LogP contribution in [0, 0.1) is 0 Å². The van der Waals surface area contributed by atoms with Crippen LogP contribution in [0.1, 0.15) is 11.6 Å². The number of aromatic amines is 1. The van der Waals surface area contributed by atoms with Crippen molar-refractivity contribution in [3.05, 3.63) is 42.2 Å². The van der Waals surface area contributed by atoms with Gasteiger partial charge in [-0.25, -0.2) is 4.98 Å². The molecule has 0 bridgehead atoms. The monoisotopic (exact) mass is 272 g/mol. The van der Waals surface area contributed by atoms with Gasteiger partial charge in [0.15, 0.2) is 11.3 Å². The molecular weight excluding hydrogens is 256 g/mol. The second kappa shape index (κ2) is 5.75. The number of methoxy groups -OCH3 is 1. The predicted octanol–water partition coefficient (Wildman–Crippen LogP) is 1.89. The summed E-state index contributed by atoms with van der Waals surface area (Å²) in [5, 5.41) is 11.0. The maximum absolute atomic E-state index is 5.80. The number of hydrogen-bond donors (Lipinski definition) is 2. The first-order chi connectivity index (χ1) is 9.86. The lowest BCUT2D eigenvalue weighted by atomic mass is 10.2. The maximum Gasteiger partial charge on any atom is 0.176 e. The zero-order chi connectivity index (χ0) is 13.8. The quantitative estimate of drug-likeness (QED) is 0.670. The van der Waals surface area contributed by atoms with E-state index in [0.717, 1.165) is 41.3 Å². The molecule has 6 nitrogen and oxygen atoms in total. The van der Waals surface area contributed by atoms with Gasteiger partial charge in [-0.2, -0.15) is 5.10 Å². The van der Waals surface area contributed by atoms with E-state index in [0.29, 0.717) is 6.54 Å².